The molecule has 1 aromatic carbocycles. The highest BCUT2D eigenvalue weighted by Crippen LogP contribution is 2.36. The summed E-state index contributed by atoms with van der Waals surface area (Å²) < 4.78 is 37.9. The van der Waals surface area contributed by atoms with Gasteiger partial charge < -0.3 is 19.9 Å². The van der Waals surface area contributed by atoms with Crippen LogP contribution in [-0.4, -0.2) is 59.7 Å². The number of amides is 1. The van der Waals surface area contributed by atoms with Gasteiger partial charge in [-0.1, -0.05) is 49.2 Å². The Morgan fingerprint density at radius 3 is 2.50 bits per heavy atom. The zero-order chi connectivity index (χ0) is 28.3. The van der Waals surface area contributed by atoms with Crippen molar-refractivity contribution in [3.8, 4) is 5.88 Å². The van der Waals surface area contributed by atoms with Crippen LogP contribution in [0.5, 0.6) is 5.88 Å². The van der Waals surface area contributed by atoms with Gasteiger partial charge >= 0.3 is 6.16 Å². The lowest BCUT2D eigenvalue weighted by molar-refractivity contribution is -0.118. The van der Waals surface area contributed by atoms with Crippen LogP contribution in [0.4, 0.5) is 9.93 Å². The van der Waals surface area contributed by atoms with Crippen LogP contribution in [-0.2, 0) is 19.6 Å². The molecule has 40 heavy (non-hydrogen) atoms. The zero-order valence-corrected chi connectivity index (χ0v) is 23.7. The first-order chi connectivity index (χ1) is 19.2. The summed E-state index contributed by atoms with van der Waals surface area (Å²) in [6.07, 6.45) is 4.08. The Hall–Kier alpha value is -3.29. The van der Waals surface area contributed by atoms with E-state index >= 15 is 0 Å². The second-order valence-electron chi connectivity index (χ2n) is 10.1. The predicted molar refractivity (Wildman–Crippen MR) is 149 cm³/mol. The minimum absolute atomic E-state index is 0.0309. The van der Waals surface area contributed by atoms with Crippen LogP contribution in [0.1, 0.15) is 62.8 Å². The average Bonchev–Trinajstić information content (AvgIpc) is 3.60. The number of nitrogens with zero attached hydrogens (tertiary/aromatic N) is 3. The number of carbonyl (C=O) groups is 2. The summed E-state index contributed by atoms with van der Waals surface area (Å²) in [6.45, 7) is 0.178. The lowest BCUT2D eigenvalue weighted by atomic mass is 9.87. The molecule has 1 saturated heterocycles. The molecule has 3 aromatic rings. The van der Waals surface area contributed by atoms with Gasteiger partial charge in [-0.15, -0.1) is 0 Å². The number of hydrogen-bond donors (Lipinski definition) is 2. The fraction of sp³-hybridized carbons (Fsp3) is 0.481. The monoisotopic (exact) mass is 588 g/mol. The van der Waals surface area contributed by atoms with Crippen LogP contribution in [0, 0.1) is 5.92 Å². The van der Waals surface area contributed by atoms with E-state index in [-0.39, 0.29) is 17.3 Å². The number of fused-ring (bicyclic) bond motifs is 1. The molecule has 214 valence electrons. The minimum atomic E-state index is -3.99. The molecule has 2 atom stereocenters. The molecule has 1 aliphatic heterocycles. The zero-order valence-electron chi connectivity index (χ0n) is 22.1. The van der Waals surface area contributed by atoms with Crippen molar-refractivity contribution in [1.82, 2.24) is 14.3 Å². The minimum Gasteiger partial charge on any atom is -0.481 e. The highest BCUT2D eigenvalue weighted by Gasteiger charge is 2.36. The number of sulfonamides is 1. The van der Waals surface area contributed by atoms with Crippen molar-refractivity contribution in [3.63, 3.8) is 0 Å². The first kappa shape index (κ1) is 28.2. The maximum Gasteiger partial charge on any atom is 0.507 e. The molecule has 3 heterocycles. The smallest absolute Gasteiger partial charge is 0.481 e. The van der Waals surface area contributed by atoms with E-state index in [0.717, 1.165) is 30.0 Å². The molecule has 2 aromatic heterocycles. The number of anilines is 1. The molecule has 1 unspecified atom stereocenters. The number of thiazole rings is 1. The predicted octanol–water partition coefficient (Wildman–Crippen LogP) is 5.20. The average molecular weight is 589 g/mol. The van der Waals surface area contributed by atoms with Crippen LogP contribution in [0.25, 0.3) is 10.3 Å². The lowest BCUT2D eigenvalue weighted by Gasteiger charge is -2.33. The van der Waals surface area contributed by atoms with Gasteiger partial charge in [0.1, 0.15) is 10.3 Å². The number of benzene rings is 1. The second-order valence-corrected chi connectivity index (χ2v) is 13.0. The van der Waals surface area contributed by atoms with Crippen molar-refractivity contribution >= 4 is 48.9 Å². The van der Waals surface area contributed by atoms with Crippen LogP contribution in [0.3, 0.4) is 0 Å². The highest BCUT2D eigenvalue weighted by atomic mass is 32.2. The van der Waals surface area contributed by atoms with E-state index in [0.29, 0.717) is 58.5 Å². The molecule has 1 amide bonds. The molecule has 2 fully saturated rings. The van der Waals surface area contributed by atoms with Crippen molar-refractivity contribution in [3.05, 3.63) is 42.0 Å². The molecule has 13 heteroatoms. The maximum atomic E-state index is 13.6. The number of carbonyl (C=O) groups excluding carboxylic acids is 1. The molecule has 5 rings (SSSR count). The summed E-state index contributed by atoms with van der Waals surface area (Å²) in [4.78, 5) is 34.3. The molecule has 2 N–H and O–H groups in total. The SMILES string of the molecule is COc1ccc2nc(NC(=O)C(CC3CCCC3)c3ccc(S(=O)(=O)N4CCCC[C@H]4OC(=O)O)cc3)sc2n1. The summed E-state index contributed by atoms with van der Waals surface area (Å²) in [7, 11) is -2.45. The lowest BCUT2D eigenvalue weighted by Crippen LogP contribution is -2.45. The number of ether oxygens (including phenoxy) is 2. The molecule has 1 aliphatic carbocycles. The molecule has 11 nitrogen and oxygen atoms in total. The van der Waals surface area contributed by atoms with E-state index in [1.807, 2.05) is 0 Å². The Morgan fingerprint density at radius 1 is 1.07 bits per heavy atom. The first-order valence-corrected chi connectivity index (χ1v) is 15.6. The summed E-state index contributed by atoms with van der Waals surface area (Å²) in [6, 6.07) is 9.82. The fourth-order valence-electron chi connectivity index (χ4n) is 5.52. The number of pyridine rings is 1. The van der Waals surface area contributed by atoms with Crippen molar-refractivity contribution in [2.24, 2.45) is 5.92 Å². The fourth-order valence-corrected chi connectivity index (χ4v) is 7.94. The van der Waals surface area contributed by atoms with E-state index < -0.39 is 28.3 Å². The number of nitrogens with one attached hydrogen (secondary N) is 1. The maximum absolute atomic E-state index is 13.6. The van der Waals surface area contributed by atoms with E-state index in [9.17, 15) is 18.0 Å². The number of piperidine rings is 1. The highest BCUT2D eigenvalue weighted by molar-refractivity contribution is 7.89. The molecule has 1 saturated carbocycles. The van der Waals surface area contributed by atoms with Gasteiger partial charge in [0.15, 0.2) is 11.4 Å². The molecular formula is C27H32N4O7S2. The Bertz CT molecular complexity index is 1470. The van der Waals surface area contributed by atoms with Gasteiger partial charge in [0.2, 0.25) is 21.8 Å². The van der Waals surface area contributed by atoms with Crippen molar-refractivity contribution in [2.45, 2.75) is 68.4 Å². The second kappa shape index (κ2) is 12.1. The van der Waals surface area contributed by atoms with E-state index in [4.69, 9.17) is 14.6 Å². The number of carboxylic acid groups (broad SMARTS) is 1. The van der Waals surface area contributed by atoms with Gasteiger partial charge in [0.05, 0.1) is 17.9 Å². The van der Waals surface area contributed by atoms with Gasteiger partial charge in [0, 0.05) is 12.6 Å². The number of methoxy groups -OCH3 is 1. The Balaban J connectivity index is 1.38. The molecule has 0 spiro atoms. The summed E-state index contributed by atoms with van der Waals surface area (Å²) in [5.41, 5.74) is 1.37. The van der Waals surface area contributed by atoms with Crippen LogP contribution >= 0.6 is 11.3 Å². The van der Waals surface area contributed by atoms with Crippen LogP contribution in [0.2, 0.25) is 0 Å². The topological polar surface area (TPSA) is 148 Å². The van der Waals surface area contributed by atoms with Gasteiger partial charge in [-0.2, -0.15) is 4.31 Å². The first-order valence-electron chi connectivity index (χ1n) is 13.4. The number of aromatic nitrogens is 2. The molecule has 0 bridgehead atoms. The van der Waals surface area contributed by atoms with E-state index in [1.54, 1.807) is 24.3 Å². The summed E-state index contributed by atoms with van der Waals surface area (Å²) >= 11 is 1.26. The van der Waals surface area contributed by atoms with Crippen molar-refractivity contribution in [2.75, 3.05) is 19.0 Å². The summed E-state index contributed by atoms with van der Waals surface area (Å²) in [5, 5.41) is 12.4. The normalized spacial score (nSPS) is 19.4. The molecule has 0 radical (unpaired) electrons. The van der Waals surface area contributed by atoms with Gasteiger partial charge in [-0.25, -0.2) is 23.2 Å². The largest absolute Gasteiger partial charge is 0.507 e. The van der Waals surface area contributed by atoms with E-state index in [1.165, 1.54) is 30.6 Å². The van der Waals surface area contributed by atoms with Crippen LogP contribution < -0.4 is 10.1 Å². The third kappa shape index (κ3) is 6.21. The standard InChI is InChI=1S/C27H32N4O7S2/c1-37-22-14-13-21-25(29-22)39-26(28-21)30-24(32)20(16-17-6-2-3-7-17)18-9-11-19(12-10-18)40(35,36)31-15-5-4-8-23(31)38-27(33)34/h9-14,17,20,23H,2-8,15-16H2,1H3,(H,33,34)(H,28,30,32)/t20?,23-/m1/s1. The quantitative estimate of drug-likeness (QED) is 0.322. The van der Waals surface area contributed by atoms with Crippen molar-refractivity contribution < 1.29 is 32.6 Å². The Kier molecular flexibility index (Phi) is 8.52. The van der Waals surface area contributed by atoms with Gasteiger partial charge in [-0.05, 0) is 55.4 Å². The molecular weight excluding hydrogens is 556 g/mol. The van der Waals surface area contributed by atoms with Gasteiger partial charge in [0.25, 0.3) is 0 Å². The number of hydrogen-bond acceptors (Lipinski definition) is 9. The van der Waals surface area contributed by atoms with Gasteiger partial charge in [-0.3, -0.25) is 4.79 Å². The Morgan fingerprint density at radius 2 is 1.80 bits per heavy atom. The van der Waals surface area contributed by atoms with Crippen LogP contribution in [0.15, 0.2) is 41.3 Å². The summed E-state index contributed by atoms with van der Waals surface area (Å²) in [5.74, 6) is 0.170. The third-order valence-electron chi connectivity index (χ3n) is 7.56. The van der Waals surface area contributed by atoms with Crippen molar-refractivity contribution in [1.29, 1.82) is 0 Å². The Labute approximate surface area is 236 Å². The third-order valence-corrected chi connectivity index (χ3v) is 10.3. The number of rotatable bonds is 9. The molecule has 2 aliphatic rings. The van der Waals surface area contributed by atoms with E-state index in [2.05, 4.69) is 15.3 Å².